The van der Waals surface area contributed by atoms with Gasteiger partial charge in [0, 0.05) is 6.54 Å². The molecule has 0 amide bonds. The largest absolute Gasteiger partial charge is 0.396 e. The molecule has 16 heavy (non-hydrogen) atoms. The Morgan fingerprint density at radius 1 is 1.56 bits per heavy atom. The zero-order valence-electron chi connectivity index (χ0n) is 9.40. The van der Waals surface area contributed by atoms with Crippen LogP contribution in [0, 0.1) is 11.3 Å². The molecule has 0 heterocycles. The number of para-hydroxylation sites is 1. The van der Waals surface area contributed by atoms with Gasteiger partial charge in [-0.15, -0.1) is 0 Å². The number of anilines is 2. The van der Waals surface area contributed by atoms with Crippen LogP contribution in [0.5, 0.6) is 0 Å². The molecule has 0 bridgehead atoms. The first kappa shape index (κ1) is 12.3. The molecule has 0 fully saturated rings. The molecule has 0 aliphatic heterocycles. The third kappa shape index (κ3) is 3.14. The van der Waals surface area contributed by atoms with Gasteiger partial charge in [-0.1, -0.05) is 13.0 Å². The third-order valence-corrected chi connectivity index (χ3v) is 2.49. The maximum absolute atomic E-state index is 9.38. The summed E-state index contributed by atoms with van der Waals surface area (Å²) in [5, 5.41) is 21.3. The predicted molar refractivity (Wildman–Crippen MR) is 65.0 cm³/mol. The van der Waals surface area contributed by atoms with Gasteiger partial charge in [0.05, 0.1) is 23.0 Å². The summed E-state index contributed by atoms with van der Waals surface area (Å²) in [5.41, 5.74) is 7.49. The monoisotopic (exact) mass is 219 g/mol. The van der Waals surface area contributed by atoms with Gasteiger partial charge in [0.2, 0.25) is 0 Å². The van der Waals surface area contributed by atoms with E-state index in [4.69, 9.17) is 11.0 Å². The average Bonchev–Trinajstić information content (AvgIpc) is 2.31. The minimum Gasteiger partial charge on any atom is -0.396 e. The molecule has 0 aliphatic carbocycles. The molecule has 86 valence electrons. The summed E-state index contributed by atoms with van der Waals surface area (Å²) in [6.45, 7) is 2.59. The SMILES string of the molecule is CCC(O)CCNc1cccc(C#N)c1N. The Balaban J connectivity index is 2.58. The summed E-state index contributed by atoms with van der Waals surface area (Å²) in [6, 6.07) is 7.33. The van der Waals surface area contributed by atoms with Gasteiger partial charge in [-0.3, -0.25) is 0 Å². The summed E-state index contributed by atoms with van der Waals surface area (Å²) in [7, 11) is 0. The number of nitrogens with zero attached hydrogens (tertiary/aromatic N) is 1. The fourth-order valence-corrected chi connectivity index (χ4v) is 1.39. The van der Waals surface area contributed by atoms with E-state index in [0.29, 0.717) is 24.2 Å². The molecule has 1 aromatic carbocycles. The summed E-state index contributed by atoms with van der Waals surface area (Å²) in [4.78, 5) is 0. The van der Waals surface area contributed by atoms with Crippen LogP contribution in [0.4, 0.5) is 11.4 Å². The minimum atomic E-state index is -0.284. The van der Waals surface area contributed by atoms with E-state index in [2.05, 4.69) is 5.32 Å². The molecular formula is C12H17N3O. The van der Waals surface area contributed by atoms with Crippen LogP contribution in [0.3, 0.4) is 0 Å². The molecule has 0 aliphatic rings. The number of aliphatic hydroxyl groups is 1. The Morgan fingerprint density at radius 3 is 2.94 bits per heavy atom. The first-order valence-corrected chi connectivity index (χ1v) is 5.39. The van der Waals surface area contributed by atoms with Crippen molar-refractivity contribution in [2.24, 2.45) is 0 Å². The van der Waals surface area contributed by atoms with E-state index in [9.17, 15) is 5.11 Å². The van der Waals surface area contributed by atoms with E-state index in [1.54, 1.807) is 12.1 Å². The quantitative estimate of drug-likeness (QED) is 0.658. The zero-order chi connectivity index (χ0) is 12.0. The topological polar surface area (TPSA) is 82.1 Å². The van der Waals surface area contributed by atoms with Crippen LogP contribution >= 0.6 is 0 Å². The lowest BCUT2D eigenvalue weighted by Gasteiger charge is -2.12. The van der Waals surface area contributed by atoms with E-state index < -0.39 is 0 Å². The van der Waals surface area contributed by atoms with Crippen molar-refractivity contribution in [1.29, 1.82) is 5.26 Å². The number of hydrogen-bond acceptors (Lipinski definition) is 4. The van der Waals surface area contributed by atoms with E-state index in [1.165, 1.54) is 0 Å². The Hall–Kier alpha value is -1.73. The van der Waals surface area contributed by atoms with Gasteiger partial charge in [0.15, 0.2) is 0 Å². The second kappa shape index (κ2) is 5.99. The van der Waals surface area contributed by atoms with E-state index in [0.717, 1.165) is 12.1 Å². The highest BCUT2D eigenvalue weighted by Crippen LogP contribution is 2.21. The predicted octanol–water partition coefficient (Wildman–Crippen LogP) is 1.71. The van der Waals surface area contributed by atoms with Crippen LogP contribution in [-0.2, 0) is 0 Å². The van der Waals surface area contributed by atoms with Gasteiger partial charge in [0.25, 0.3) is 0 Å². The van der Waals surface area contributed by atoms with E-state index in [-0.39, 0.29) is 6.10 Å². The lowest BCUT2D eigenvalue weighted by atomic mass is 10.1. The second-order valence-corrected chi connectivity index (χ2v) is 3.66. The van der Waals surface area contributed by atoms with Crippen LogP contribution in [0.1, 0.15) is 25.3 Å². The van der Waals surface area contributed by atoms with Crippen molar-refractivity contribution in [2.75, 3.05) is 17.6 Å². The van der Waals surface area contributed by atoms with Gasteiger partial charge < -0.3 is 16.2 Å². The summed E-state index contributed by atoms with van der Waals surface area (Å²) < 4.78 is 0. The van der Waals surface area contributed by atoms with Gasteiger partial charge in [0.1, 0.15) is 6.07 Å². The molecular weight excluding hydrogens is 202 g/mol. The third-order valence-electron chi connectivity index (χ3n) is 2.49. The molecule has 4 N–H and O–H groups in total. The number of nitrogen functional groups attached to an aromatic ring is 1. The lowest BCUT2D eigenvalue weighted by Crippen LogP contribution is -2.13. The van der Waals surface area contributed by atoms with Crippen molar-refractivity contribution in [1.82, 2.24) is 0 Å². The number of aliphatic hydroxyl groups excluding tert-OH is 1. The Labute approximate surface area is 95.7 Å². The van der Waals surface area contributed by atoms with Crippen LogP contribution in [0.15, 0.2) is 18.2 Å². The number of nitrogens with two attached hydrogens (primary N) is 1. The van der Waals surface area contributed by atoms with Crippen LogP contribution in [-0.4, -0.2) is 17.8 Å². The first-order valence-electron chi connectivity index (χ1n) is 5.39. The molecule has 1 atom stereocenters. The molecule has 1 rings (SSSR count). The molecule has 4 heteroatoms. The normalized spacial score (nSPS) is 11.8. The second-order valence-electron chi connectivity index (χ2n) is 3.66. The fourth-order valence-electron chi connectivity index (χ4n) is 1.39. The van der Waals surface area contributed by atoms with Crippen LogP contribution in [0.25, 0.3) is 0 Å². The van der Waals surface area contributed by atoms with Crippen molar-refractivity contribution in [3.05, 3.63) is 23.8 Å². The van der Waals surface area contributed by atoms with Crippen molar-refractivity contribution >= 4 is 11.4 Å². The van der Waals surface area contributed by atoms with Crippen LogP contribution in [0.2, 0.25) is 0 Å². The fraction of sp³-hybridized carbons (Fsp3) is 0.417. The molecule has 0 radical (unpaired) electrons. The lowest BCUT2D eigenvalue weighted by molar-refractivity contribution is 0.164. The highest BCUT2D eigenvalue weighted by molar-refractivity contribution is 5.72. The summed E-state index contributed by atoms with van der Waals surface area (Å²) in [5.74, 6) is 0. The first-order chi connectivity index (χ1) is 7.69. The highest BCUT2D eigenvalue weighted by atomic mass is 16.3. The zero-order valence-corrected chi connectivity index (χ0v) is 9.40. The molecule has 0 spiro atoms. The van der Waals surface area contributed by atoms with Crippen LogP contribution < -0.4 is 11.1 Å². The standard InChI is InChI=1S/C12H17N3O/c1-2-10(16)6-7-15-11-5-3-4-9(8-13)12(11)14/h3-5,10,15-16H,2,6-7,14H2,1H3. The van der Waals surface area contributed by atoms with Crippen molar-refractivity contribution in [3.63, 3.8) is 0 Å². The average molecular weight is 219 g/mol. The van der Waals surface area contributed by atoms with Gasteiger partial charge in [-0.25, -0.2) is 0 Å². The Bertz CT molecular complexity index is 384. The smallest absolute Gasteiger partial charge is 0.101 e. The van der Waals surface area contributed by atoms with Gasteiger partial charge >= 0.3 is 0 Å². The molecule has 0 saturated carbocycles. The minimum absolute atomic E-state index is 0.284. The number of hydrogen-bond donors (Lipinski definition) is 3. The number of nitrogens with one attached hydrogen (secondary N) is 1. The molecule has 1 unspecified atom stereocenters. The molecule has 0 saturated heterocycles. The Morgan fingerprint density at radius 2 is 2.31 bits per heavy atom. The number of nitriles is 1. The number of rotatable bonds is 5. The maximum Gasteiger partial charge on any atom is 0.101 e. The molecule has 0 aromatic heterocycles. The summed E-state index contributed by atoms with van der Waals surface area (Å²) >= 11 is 0. The van der Waals surface area contributed by atoms with Gasteiger partial charge in [-0.05, 0) is 25.0 Å². The Kier molecular flexibility index (Phi) is 4.62. The van der Waals surface area contributed by atoms with E-state index in [1.807, 2.05) is 19.1 Å². The molecule has 4 nitrogen and oxygen atoms in total. The van der Waals surface area contributed by atoms with Crippen molar-refractivity contribution in [2.45, 2.75) is 25.9 Å². The number of benzene rings is 1. The van der Waals surface area contributed by atoms with Gasteiger partial charge in [-0.2, -0.15) is 5.26 Å². The summed E-state index contributed by atoms with van der Waals surface area (Å²) in [6.07, 6.45) is 1.13. The maximum atomic E-state index is 9.38. The van der Waals surface area contributed by atoms with E-state index >= 15 is 0 Å². The highest BCUT2D eigenvalue weighted by Gasteiger charge is 2.04. The van der Waals surface area contributed by atoms with Crippen molar-refractivity contribution < 1.29 is 5.11 Å². The molecule has 1 aromatic rings. The van der Waals surface area contributed by atoms with Crippen molar-refractivity contribution in [3.8, 4) is 6.07 Å².